The van der Waals surface area contributed by atoms with E-state index in [1.165, 1.54) is 12.1 Å². The summed E-state index contributed by atoms with van der Waals surface area (Å²) < 4.78 is 7.35. The van der Waals surface area contributed by atoms with Gasteiger partial charge in [0, 0.05) is 43.0 Å². The summed E-state index contributed by atoms with van der Waals surface area (Å²) in [5.74, 6) is 0.652. The Hall–Kier alpha value is -3.61. The number of methoxy groups -OCH3 is 1. The van der Waals surface area contributed by atoms with Gasteiger partial charge in [-0.3, -0.25) is 9.59 Å². The monoisotopic (exact) mass is 472 g/mol. The number of ether oxygens (including phenoxy) is 1. The molecule has 1 aromatic heterocycles. The SMILES string of the molecule is COc1cc(C(=O)N2CCN(C(=O)c3nn(-c4ccccc4)c4c3CCCCC4)CC2)ccc1C. The highest BCUT2D eigenvalue weighted by molar-refractivity contribution is 5.96. The van der Waals surface area contributed by atoms with Gasteiger partial charge in [-0.15, -0.1) is 0 Å². The van der Waals surface area contributed by atoms with Gasteiger partial charge in [-0.1, -0.05) is 30.7 Å². The number of para-hydroxylation sites is 1. The maximum absolute atomic E-state index is 13.6. The Morgan fingerprint density at radius 3 is 2.26 bits per heavy atom. The first-order valence-electron chi connectivity index (χ1n) is 12.5. The number of aromatic nitrogens is 2. The smallest absolute Gasteiger partial charge is 0.274 e. The molecule has 35 heavy (non-hydrogen) atoms. The van der Waals surface area contributed by atoms with Crippen LogP contribution in [-0.4, -0.2) is 64.7 Å². The van der Waals surface area contributed by atoms with Crippen molar-refractivity contribution in [2.75, 3.05) is 33.3 Å². The molecule has 0 bridgehead atoms. The van der Waals surface area contributed by atoms with Gasteiger partial charge in [0.15, 0.2) is 5.69 Å². The molecule has 0 saturated carbocycles. The Bertz CT molecular complexity index is 1230. The van der Waals surface area contributed by atoms with Crippen molar-refractivity contribution in [2.45, 2.75) is 39.0 Å². The number of hydrogen-bond acceptors (Lipinski definition) is 4. The number of hydrogen-bond donors (Lipinski definition) is 0. The van der Waals surface area contributed by atoms with E-state index in [2.05, 4.69) is 0 Å². The first kappa shape index (κ1) is 23.1. The first-order valence-corrected chi connectivity index (χ1v) is 12.5. The second-order valence-electron chi connectivity index (χ2n) is 9.35. The molecule has 2 aliphatic rings. The summed E-state index contributed by atoms with van der Waals surface area (Å²) in [5, 5.41) is 4.84. The highest BCUT2D eigenvalue weighted by atomic mass is 16.5. The van der Waals surface area contributed by atoms with Crippen LogP contribution >= 0.6 is 0 Å². The number of fused-ring (bicyclic) bond motifs is 1. The summed E-state index contributed by atoms with van der Waals surface area (Å²) in [5.41, 5.74) is 5.44. The van der Waals surface area contributed by atoms with Crippen molar-refractivity contribution in [3.8, 4) is 11.4 Å². The van der Waals surface area contributed by atoms with Gasteiger partial charge in [0.2, 0.25) is 0 Å². The molecule has 182 valence electrons. The number of piperazine rings is 1. The van der Waals surface area contributed by atoms with Crippen molar-refractivity contribution in [2.24, 2.45) is 0 Å². The molecule has 2 amide bonds. The normalized spacial score (nSPS) is 15.9. The van der Waals surface area contributed by atoms with E-state index in [0.29, 0.717) is 43.2 Å². The first-order chi connectivity index (χ1) is 17.1. The molecule has 1 aliphatic carbocycles. The highest BCUT2D eigenvalue weighted by Crippen LogP contribution is 2.28. The van der Waals surface area contributed by atoms with Crippen LogP contribution < -0.4 is 4.74 Å². The maximum atomic E-state index is 13.6. The zero-order valence-corrected chi connectivity index (χ0v) is 20.5. The lowest BCUT2D eigenvalue weighted by Crippen LogP contribution is -2.50. The van der Waals surface area contributed by atoms with Gasteiger partial charge in [0.05, 0.1) is 12.8 Å². The van der Waals surface area contributed by atoms with Gasteiger partial charge in [0.1, 0.15) is 5.75 Å². The predicted molar refractivity (Wildman–Crippen MR) is 134 cm³/mol. The highest BCUT2D eigenvalue weighted by Gasteiger charge is 2.31. The zero-order chi connectivity index (χ0) is 24.4. The van der Waals surface area contributed by atoms with E-state index in [9.17, 15) is 9.59 Å². The van der Waals surface area contributed by atoms with Crippen LogP contribution in [0, 0.1) is 6.92 Å². The minimum absolute atomic E-state index is 0.0260. The molecule has 1 aliphatic heterocycles. The van der Waals surface area contributed by atoms with Gasteiger partial charge in [-0.2, -0.15) is 5.10 Å². The van der Waals surface area contributed by atoms with Gasteiger partial charge >= 0.3 is 0 Å². The third-order valence-electron chi connectivity index (χ3n) is 7.14. The van der Waals surface area contributed by atoms with Crippen molar-refractivity contribution in [1.29, 1.82) is 0 Å². The van der Waals surface area contributed by atoms with E-state index >= 15 is 0 Å². The largest absolute Gasteiger partial charge is 0.496 e. The van der Waals surface area contributed by atoms with Crippen LogP contribution in [0.2, 0.25) is 0 Å². The van der Waals surface area contributed by atoms with Crippen molar-refractivity contribution in [3.63, 3.8) is 0 Å². The molecule has 7 nitrogen and oxygen atoms in total. The predicted octanol–water partition coefficient (Wildman–Crippen LogP) is 4.06. The molecule has 1 saturated heterocycles. The number of carbonyl (C=O) groups is 2. The molecule has 2 heterocycles. The number of rotatable bonds is 4. The number of nitrogens with zero attached hydrogens (tertiary/aromatic N) is 4. The Morgan fingerprint density at radius 1 is 0.857 bits per heavy atom. The van der Waals surface area contributed by atoms with E-state index in [1.54, 1.807) is 13.2 Å². The summed E-state index contributed by atoms with van der Waals surface area (Å²) in [6, 6.07) is 15.6. The number of benzene rings is 2. The second kappa shape index (κ2) is 9.94. The Labute approximate surface area is 206 Å². The van der Waals surface area contributed by atoms with Crippen molar-refractivity contribution >= 4 is 11.8 Å². The van der Waals surface area contributed by atoms with E-state index in [-0.39, 0.29) is 11.8 Å². The topological polar surface area (TPSA) is 67.7 Å². The van der Waals surface area contributed by atoms with Crippen LogP contribution in [0.4, 0.5) is 0 Å². The lowest BCUT2D eigenvalue weighted by molar-refractivity contribution is 0.0531. The van der Waals surface area contributed by atoms with E-state index in [4.69, 9.17) is 9.84 Å². The van der Waals surface area contributed by atoms with Crippen LogP contribution in [0.15, 0.2) is 48.5 Å². The van der Waals surface area contributed by atoms with Gasteiger partial charge in [-0.05, 0) is 62.4 Å². The van der Waals surface area contributed by atoms with E-state index < -0.39 is 0 Å². The van der Waals surface area contributed by atoms with Gasteiger partial charge in [0.25, 0.3) is 11.8 Å². The summed E-state index contributed by atoms with van der Waals surface area (Å²) in [4.78, 5) is 30.4. The lowest BCUT2D eigenvalue weighted by atomic mass is 10.1. The van der Waals surface area contributed by atoms with Crippen molar-refractivity contribution < 1.29 is 14.3 Å². The molecular formula is C28H32N4O3. The molecule has 5 rings (SSSR count). The van der Waals surface area contributed by atoms with Gasteiger partial charge < -0.3 is 14.5 Å². The standard InChI is InChI=1S/C28H32N4O3/c1-20-13-14-21(19-25(20)35-2)27(33)30-15-17-31(18-16-30)28(34)26-23-11-7-4-8-12-24(23)32(29-26)22-9-5-3-6-10-22/h3,5-6,9-10,13-14,19H,4,7-8,11-12,15-18H2,1-2H3. The Morgan fingerprint density at radius 2 is 1.54 bits per heavy atom. The molecule has 0 radical (unpaired) electrons. The molecule has 1 fully saturated rings. The van der Waals surface area contributed by atoms with Gasteiger partial charge in [-0.25, -0.2) is 4.68 Å². The summed E-state index contributed by atoms with van der Waals surface area (Å²) in [6.45, 7) is 3.96. The quantitative estimate of drug-likeness (QED) is 0.537. The number of aryl methyl sites for hydroxylation is 1. The lowest BCUT2D eigenvalue weighted by Gasteiger charge is -2.34. The van der Waals surface area contributed by atoms with Crippen LogP contribution in [0.1, 0.15) is 56.9 Å². The maximum Gasteiger partial charge on any atom is 0.274 e. The Balaban J connectivity index is 1.33. The van der Waals surface area contributed by atoms with Crippen LogP contribution in [0.5, 0.6) is 5.75 Å². The average Bonchev–Trinajstić information content (AvgIpc) is 3.09. The van der Waals surface area contributed by atoms with Crippen LogP contribution in [0.25, 0.3) is 5.69 Å². The van der Waals surface area contributed by atoms with Crippen LogP contribution in [-0.2, 0) is 12.8 Å². The molecule has 0 N–H and O–H groups in total. The second-order valence-corrected chi connectivity index (χ2v) is 9.35. The van der Waals surface area contributed by atoms with E-state index in [1.807, 2.05) is 63.9 Å². The summed E-state index contributed by atoms with van der Waals surface area (Å²) in [6.07, 6.45) is 5.19. The van der Waals surface area contributed by atoms with Crippen molar-refractivity contribution in [3.05, 3.63) is 76.6 Å². The van der Waals surface area contributed by atoms with E-state index in [0.717, 1.165) is 42.5 Å². The molecule has 0 unspecified atom stereocenters. The fourth-order valence-electron chi connectivity index (χ4n) is 5.13. The fraction of sp³-hybridized carbons (Fsp3) is 0.393. The molecule has 7 heteroatoms. The Kier molecular flexibility index (Phi) is 6.57. The molecule has 2 aromatic carbocycles. The molecule has 0 spiro atoms. The summed E-state index contributed by atoms with van der Waals surface area (Å²) >= 11 is 0. The third kappa shape index (κ3) is 4.55. The minimum Gasteiger partial charge on any atom is -0.496 e. The fourth-order valence-corrected chi connectivity index (χ4v) is 5.13. The third-order valence-corrected chi connectivity index (χ3v) is 7.14. The molecule has 0 atom stereocenters. The molecular weight excluding hydrogens is 440 g/mol. The minimum atomic E-state index is -0.0300. The van der Waals surface area contributed by atoms with Crippen molar-refractivity contribution in [1.82, 2.24) is 19.6 Å². The number of amides is 2. The average molecular weight is 473 g/mol. The zero-order valence-electron chi connectivity index (χ0n) is 20.5. The number of carbonyl (C=O) groups excluding carboxylic acids is 2. The molecule has 3 aromatic rings. The summed E-state index contributed by atoms with van der Waals surface area (Å²) in [7, 11) is 1.61. The van der Waals surface area contributed by atoms with Crippen LogP contribution in [0.3, 0.4) is 0 Å².